The van der Waals surface area contributed by atoms with Crippen LogP contribution in [0, 0.1) is 11.8 Å². The summed E-state index contributed by atoms with van der Waals surface area (Å²) in [7, 11) is 0. The molecule has 2 rings (SSSR count). The molecule has 1 aromatic rings. The van der Waals surface area contributed by atoms with Gasteiger partial charge in [-0.2, -0.15) is 0 Å². The Balaban J connectivity index is 1.72. The first-order valence-corrected chi connectivity index (χ1v) is 8.65. The van der Waals surface area contributed by atoms with Crippen LogP contribution in [0.5, 0.6) is 5.75 Å². The summed E-state index contributed by atoms with van der Waals surface area (Å²) < 4.78 is 5.75. The molecule has 1 aliphatic carbocycles. The van der Waals surface area contributed by atoms with Crippen molar-refractivity contribution >= 4 is 0 Å². The van der Waals surface area contributed by atoms with E-state index < -0.39 is 0 Å². The maximum atomic E-state index is 5.75. The third kappa shape index (κ3) is 5.03. The third-order valence-corrected chi connectivity index (χ3v) is 4.97. The molecule has 1 fully saturated rings. The molecule has 1 N–H and O–H groups in total. The minimum absolute atomic E-state index is 0.685. The lowest BCUT2D eigenvalue weighted by molar-refractivity contribution is 0.306. The van der Waals surface area contributed by atoms with Crippen LogP contribution in [0.2, 0.25) is 0 Å². The number of hydrogen-bond donors (Lipinski definition) is 1. The van der Waals surface area contributed by atoms with E-state index >= 15 is 0 Å². The van der Waals surface area contributed by atoms with Crippen molar-refractivity contribution in [2.24, 2.45) is 11.8 Å². The number of unbranched alkanes of at least 4 members (excludes halogenated alkanes) is 2. The molecule has 118 valence electrons. The van der Waals surface area contributed by atoms with Gasteiger partial charge in [0.05, 0.1) is 6.61 Å². The van der Waals surface area contributed by atoms with E-state index in [2.05, 4.69) is 50.4 Å². The Bertz CT molecular complexity index is 401. The first-order valence-electron chi connectivity index (χ1n) is 8.65. The van der Waals surface area contributed by atoms with Crippen LogP contribution in [0.3, 0.4) is 0 Å². The zero-order chi connectivity index (χ0) is 15.1. The summed E-state index contributed by atoms with van der Waals surface area (Å²) in [6, 6.07) is 9.26. The zero-order valence-electron chi connectivity index (χ0n) is 13.9. The summed E-state index contributed by atoms with van der Waals surface area (Å²) in [6.45, 7) is 8.77. The molecule has 21 heavy (non-hydrogen) atoms. The molecule has 1 aliphatic rings. The van der Waals surface area contributed by atoms with Gasteiger partial charge in [-0.25, -0.2) is 0 Å². The van der Waals surface area contributed by atoms with Gasteiger partial charge in [-0.05, 0) is 48.8 Å². The van der Waals surface area contributed by atoms with Crippen LogP contribution >= 0.6 is 0 Å². The Morgan fingerprint density at radius 1 is 1.10 bits per heavy atom. The van der Waals surface area contributed by atoms with E-state index in [1.165, 1.54) is 31.2 Å². The zero-order valence-corrected chi connectivity index (χ0v) is 13.9. The molecule has 0 aliphatic heterocycles. The lowest BCUT2D eigenvalue weighted by Gasteiger charge is -2.19. The molecular formula is C19H31NO. The van der Waals surface area contributed by atoms with Gasteiger partial charge >= 0.3 is 0 Å². The minimum atomic E-state index is 0.685. The maximum Gasteiger partial charge on any atom is 0.119 e. The fraction of sp³-hybridized carbons (Fsp3) is 0.684. The smallest absolute Gasteiger partial charge is 0.119 e. The van der Waals surface area contributed by atoms with Gasteiger partial charge in [0.1, 0.15) is 5.75 Å². The summed E-state index contributed by atoms with van der Waals surface area (Å²) in [5.74, 6) is 2.66. The van der Waals surface area contributed by atoms with E-state index in [1.54, 1.807) is 0 Å². The molecule has 0 amide bonds. The second-order valence-electron chi connectivity index (χ2n) is 6.60. The predicted octanol–water partition coefficient (Wildman–Crippen LogP) is 4.78. The lowest BCUT2D eigenvalue weighted by atomic mass is 9.98. The third-order valence-electron chi connectivity index (χ3n) is 4.97. The topological polar surface area (TPSA) is 21.3 Å². The van der Waals surface area contributed by atoms with Gasteiger partial charge < -0.3 is 10.1 Å². The average molecular weight is 289 g/mol. The second-order valence-corrected chi connectivity index (χ2v) is 6.60. The average Bonchev–Trinajstić information content (AvgIpc) is 2.82. The Kier molecular flexibility index (Phi) is 6.56. The number of rotatable bonds is 8. The van der Waals surface area contributed by atoms with E-state index in [0.29, 0.717) is 6.04 Å². The van der Waals surface area contributed by atoms with Crippen molar-refractivity contribution < 1.29 is 4.74 Å². The first kappa shape index (κ1) is 16.4. The molecular weight excluding hydrogens is 258 g/mol. The fourth-order valence-electron chi connectivity index (χ4n) is 3.15. The van der Waals surface area contributed by atoms with Crippen molar-refractivity contribution in [1.82, 2.24) is 5.32 Å². The SMILES string of the molecule is CCCCCOc1ccc(CNC2CCC(C)C2C)cc1. The minimum Gasteiger partial charge on any atom is -0.494 e. The van der Waals surface area contributed by atoms with Crippen LogP contribution in [0.15, 0.2) is 24.3 Å². The lowest BCUT2D eigenvalue weighted by Crippen LogP contribution is -2.31. The Morgan fingerprint density at radius 2 is 1.86 bits per heavy atom. The number of benzene rings is 1. The Hall–Kier alpha value is -1.02. The first-order chi connectivity index (χ1) is 10.2. The van der Waals surface area contributed by atoms with Crippen molar-refractivity contribution in [3.63, 3.8) is 0 Å². The highest BCUT2D eigenvalue weighted by atomic mass is 16.5. The molecule has 0 saturated heterocycles. The largest absolute Gasteiger partial charge is 0.494 e. The van der Waals surface area contributed by atoms with Crippen LogP contribution < -0.4 is 10.1 Å². The van der Waals surface area contributed by atoms with Crippen molar-refractivity contribution in [3.05, 3.63) is 29.8 Å². The standard InChI is InChI=1S/C19H31NO/c1-4-5-6-13-21-18-10-8-17(9-11-18)14-20-19-12-7-15(2)16(19)3/h8-11,15-16,19-20H,4-7,12-14H2,1-3H3. The summed E-state index contributed by atoms with van der Waals surface area (Å²) in [5.41, 5.74) is 1.35. The van der Waals surface area contributed by atoms with Gasteiger partial charge in [-0.3, -0.25) is 0 Å². The van der Waals surface area contributed by atoms with Crippen LogP contribution in [-0.4, -0.2) is 12.6 Å². The normalized spacial score (nSPS) is 25.2. The highest BCUT2D eigenvalue weighted by Gasteiger charge is 2.28. The Morgan fingerprint density at radius 3 is 2.48 bits per heavy atom. The van der Waals surface area contributed by atoms with Crippen LogP contribution in [0.25, 0.3) is 0 Å². The Labute approximate surface area is 130 Å². The van der Waals surface area contributed by atoms with Crippen molar-refractivity contribution in [2.75, 3.05) is 6.61 Å². The molecule has 2 heteroatoms. The highest BCUT2D eigenvalue weighted by molar-refractivity contribution is 5.27. The summed E-state index contributed by atoms with van der Waals surface area (Å²) >= 11 is 0. The van der Waals surface area contributed by atoms with Gasteiger partial charge in [0.25, 0.3) is 0 Å². The molecule has 0 bridgehead atoms. The molecule has 3 atom stereocenters. The summed E-state index contributed by atoms with van der Waals surface area (Å²) in [4.78, 5) is 0. The van der Waals surface area contributed by atoms with Gasteiger partial charge in [0.15, 0.2) is 0 Å². The molecule has 0 radical (unpaired) electrons. The molecule has 1 saturated carbocycles. The van der Waals surface area contributed by atoms with Crippen LogP contribution in [0.1, 0.15) is 58.4 Å². The van der Waals surface area contributed by atoms with Crippen molar-refractivity contribution in [3.8, 4) is 5.75 Å². The van der Waals surface area contributed by atoms with E-state index in [-0.39, 0.29) is 0 Å². The molecule has 2 nitrogen and oxygen atoms in total. The number of ether oxygens (including phenoxy) is 1. The predicted molar refractivity (Wildman–Crippen MR) is 89.7 cm³/mol. The summed E-state index contributed by atoms with van der Waals surface area (Å²) in [6.07, 6.45) is 6.33. The van der Waals surface area contributed by atoms with Gasteiger partial charge in [-0.15, -0.1) is 0 Å². The number of hydrogen-bond acceptors (Lipinski definition) is 2. The van der Waals surface area contributed by atoms with E-state index in [1.807, 2.05) is 0 Å². The quantitative estimate of drug-likeness (QED) is 0.695. The molecule has 1 aromatic carbocycles. The van der Waals surface area contributed by atoms with Gasteiger partial charge in [0.2, 0.25) is 0 Å². The van der Waals surface area contributed by atoms with E-state index in [4.69, 9.17) is 4.74 Å². The highest BCUT2D eigenvalue weighted by Crippen LogP contribution is 2.31. The molecule has 0 heterocycles. The van der Waals surface area contributed by atoms with Gasteiger partial charge in [-0.1, -0.05) is 45.7 Å². The second kappa shape index (κ2) is 8.43. The molecule has 3 unspecified atom stereocenters. The van der Waals surface area contributed by atoms with Crippen molar-refractivity contribution in [2.45, 2.75) is 65.5 Å². The monoisotopic (exact) mass is 289 g/mol. The van der Waals surface area contributed by atoms with E-state index in [9.17, 15) is 0 Å². The van der Waals surface area contributed by atoms with Crippen LogP contribution in [0.4, 0.5) is 0 Å². The maximum absolute atomic E-state index is 5.75. The molecule has 0 aromatic heterocycles. The van der Waals surface area contributed by atoms with Gasteiger partial charge in [0, 0.05) is 12.6 Å². The number of nitrogens with one attached hydrogen (secondary N) is 1. The molecule has 0 spiro atoms. The van der Waals surface area contributed by atoms with Crippen LogP contribution in [-0.2, 0) is 6.54 Å². The summed E-state index contributed by atoms with van der Waals surface area (Å²) in [5, 5.41) is 3.72. The fourth-order valence-corrected chi connectivity index (χ4v) is 3.15. The van der Waals surface area contributed by atoms with E-state index in [0.717, 1.165) is 37.2 Å². The van der Waals surface area contributed by atoms with Crippen molar-refractivity contribution in [1.29, 1.82) is 0 Å².